The van der Waals surface area contributed by atoms with E-state index < -0.39 is 54.1 Å². The number of aliphatic carboxylic acids is 1. The van der Waals surface area contributed by atoms with Crippen molar-refractivity contribution in [3.63, 3.8) is 0 Å². The van der Waals surface area contributed by atoms with Crippen LogP contribution in [0.4, 0.5) is 0 Å². The molecule has 10 heteroatoms. The van der Waals surface area contributed by atoms with E-state index >= 15 is 0 Å². The lowest BCUT2D eigenvalue weighted by Crippen LogP contribution is -2.58. The second-order valence-electron chi connectivity index (χ2n) is 7.38. The zero-order valence-corrected chi connectivity index (χ0v) is 17.9. The van der Waals surface area contributed by atoms with Gasteiger partial charge in [-0.15, -0.1) is 0 Å². The van der Waals surface area contributed by atoms with Gasteiger partial charge in [0.25, 0.3) is 0 Å². The summed E-state index contributed by atoms with van der Waals surface area (Å²) in [7, 11) is 0. The lowest BCUT2D eigenvalue weighted by molar-refractivity contribution is -0.141. The largest absolute Gasteiger partial charge is 0.481 e. The number of benzene rings is 1. The summed E-state index contributed by atoms with van der Waals surface area (Å²) < 4.78 is 0. The fraction of sp³-hybridized carbons (Fsp3) is 0.476. The molecular formula is C21H30N4O6. The molecule has 0 fully saturated rings. The Morgan fingerprint density at radius 1 is 0.968 bits per heavy atom. The number of carbonyl (C=O) groups is 5. The summed E-state index contributed by atoms with van der Waals surface area (Å²) in [4.78, 5) is 59.8. The van der Waals surface area contributed by atoms with Crippen molar-refractivity contribution >= 4 is 29.6 Å². The minimum atomic E-state index is -1.34. The molecule has 10 nitrogen and oxygen atoms in total. The van der Waals surface area contributed by atoms with Crippen molar-refractivity contribution in [2.45, 2.75) is 58.2 Å². The van der Waals surface area contributed by atoms with E-state index in [-0.39, 0.29) is 12.3 Å². The molecule has 0 saturated carbocycles. The van der Waals surface area contributed by atoms with Crippen LogP contribution in [0.1, 0.15) is 39.2 Å². The minimum Gasteiger partial charge on any atom is -0.481 e. The first-order chi connectivity index (χ1) is 14.5. The smallest absolute Gasteiger partial charge is 0.305 e. The molecule has 0 saturated heterocycles. The molecule has 6 N–H and O–H groups in total. The standard InChI is InChI=1S/C21H30N4O6/c1-4-12(2)18(25-20(30)16(11-17(27)28)23-13(3)26)21(31)24-15(19(22)29)10-14-8-6-5-7-9-14/h5-9,12,15-16,18H,4,10-11H2,1-3H3,(H2,22,29)(H,23,26)(H,24,31)(H,25,30)(H,27,28)/t12-,15-,16-,18-/m0/s1. The second-order valence-corrected chi connectivity index (χ2v) is 7.38. The predicted octanol–water partition coefficient (Wildman–Crippen LogP) is -0.290. The van der Waals surface area contributed by atoms with E-state index in [1.165, 1.54) is 0 Å². The molecule has 0 radical (unpaired) electrons. The average molecular weight is 434 g/mol. The Balaban J connectivity index is 2.98. The molecule has 4 amide bonds. The third kappa shape index (κ3) is 8.85. The number of amides is 4. The third-order valence-electron chi connectivity index (χ3n) is 4.81. The summed E-state index contributed by atoms with van der Waals surface area (Å²) >= 11 is 0. The van der Waals surface area contributed by atoms with Crippen molar-refractivity contribution < 1.29 is 29.1 Å². The Kier molecular flexibility index (Phi) is 10.2. The summed E-state index contributed by atoms with van der Waals surface area (Å²) in [6, 6.07) is 5.59. The molecule has 0 aliphatic carbocycles. The van der Waals surface area contributed by atoms with Crippen LogP contribution < -0.4 is 21.7 Å². The number of rotatable bonds is 12. The first-order valence-electron chi connectivity index (χ1n) is 9.98. The van der Waals surface area contributed by atoms with Gasteiger partial charge in [-0.25, -0.2) is 0 Å². The molecule has 170 valence electrons. The van der Waals surface area contributed by atoms with Gasteiger partial charge in [0.1, 0.15) is 18.1 Å². The molecule has 0 spiro atoms. The summed E-state index contributed by atoms with van der Waals surface area (Å²) in [6.45, 7) is 4.70. The van der Waals surface area contributed by atoms with Crippen LogP contribution in [-0.4, -0.2) is 52.8 Å². The predicted molar refractivity (Wildman–Crippen MR) is 113 cm³/mol. The molecule has 0 bridgehead atoms. The van der Waals surface area contributed by atoms with E-state index in [0.29, 0.717) is 6.42 Å². The number of carbonyl (C=O) groups excluding carboxylic acids is 4. The van der Waals surface area contributed by atoms with E-state index in [2.05, 4.69) is 16.0 Å². The maximum Gasteiger partial charge on any atom is 0.305 e. The number of nitrogens with one attached hydrogen (secondary N) is 3. The molecule has 4 atom stereocenters. The van der Waals surface area contributed by atoms with Crippen LogP contribution in [0, 0.1) is 5.92 Å². The Labute approximate surface area is 180 Å². The molecule has 31 heavy (non-hydrogen) atoms. The zero-order valence-electron chi connectivity index (χ0n) is 17.9. The van der Waals surface area contributed by atoms with Crippen LogP contribution in [0.3, 0.4) is 0 Å². The summed E-state index contributed by atoms with van der Waals surface area (Å²) in [5.74, 6) is -4.36. The molecule has 0 aliphatic heterocycles. The highest BCUT2D eigenvalue weighted by Crippen LogP contribution is 2.10. The first-order valence-corrected chi connectivity index (χ1v) is 9.98. The second kappa shape index (κ2) is 12.3. The maximum absolute atomic E-state index is 12.9. The normalized spacial score (nSPS) is 14.4. The molecule has 0 heterocycles. The minimum absolute atomic E-state index is 0.177. The van der Waals surface area contributed by atoms with Gasteiger partial charge in [0.15, 0.2) is 0 Å². The van der Waals surface area contributed by atoms with Gasteiger partial charge in [-0.1, -0.05) is 50.6 Å². The van der Waals surface area contributed by atoms with Crippen LogP contribution in [0.2, 0.25) is 0 Å². The monoisotopic (exact) mass is 434 g/mol. The molecule has 0 aromatic heterocycles. The Morgan fingerprint density at radius 2 is 1.58 bits per heavy atom. The van der Waals surface area contributed by atoms with Crippen LogP contribution in [-0.2, 0) is 30.4 Å². The number of carboxylic acids is 1. The van der Waals surface area contributed by atoms with Gasteiger partial charge in [-0.05, 0) is 11.5 Å². The Hall–Kier alpha value is -3.43. The van der Waals surface area contributed by atoms with Crippen LogP contribution >= 0.6 is 0 Å². The fourth-order valence-corrected chi connectivity index (χ4v) is 2.92. The number of carboxylic acid groups (broad SMARTS) is 1. The van der Waals surface area contributed by atoms with Crippen molar-refractivity contribution in [3.8, 4) is 0 Å². The summed E-state index contributed by atoms with van der Waals surface area (Å²) in [5.41, 5.74) is 6.24. The van der Waals surface area contributed by atoms with Crippen LogP contribution in [0.25, 0.3) is 0 Å². The fourth-order valence-electron chi connectivity index (χ4n) is 2.92. The van der Waals surface area contributed by atoms with Gasteiger partial charge in [-0.2, -0.15) is 0 Å². The third-order valence-corrected chi connectivity index (χ3v) is 4.81. The van der Waals surface area contributed by atoms with Gasteiger partial charge >= 0.3 is 5.97 Å². The number of nitrogens with two attached hydrogens (primary N) is 1. The molecule has 0 unspecified atom stereocenters. The lowest BCUT2D eigenvalue weighted by atomic mass is 9.96. The van der Waals surface area contributed by atoms with Crippen molar-refractivity contribution in [2.75, 3.05) is 0 Å². The van der Waals surface area contributed by atoms with Crippen molar-refractivity contribution in [3.05, 3.63) is 35.9 Å². The number of hydrogen-bond acceptors (Lipinski definition) is 5. The quantitative estimate of drug-likeness (QED) is 0.303. The van der Waals surface area contributed by atoms with Crippen molar-refractivity contribution in [1.82, 2.24) is 16.0 Å². The summed E-state index contributed by atoms with van der Waals surface area (Å²) in [6.07, 6.45) is 0.0524. The molecule has 1 aromatic carbocycles. The van der Waals surface area contributed by atoms with Gasteiger partial charge in [0, 0.05) is 13.3 Å². The number of hydrogen-bond donors (Lipinski definition) is 5. The van der Waals surface area contributed by atoms with Gasteiger partial charge in [0.2, 0.25) is 23.6 Å². The van der Waals surface area contributed by atoms with Gasteiger partial charge < -0.3 is 26.8 Å². The Bertz CT molecular complexity index is 782. The van der Waals surface area contributed by atoms with E-state index in [4.69, 9.17) is 10.8 Å². The highest BCUT2D eigenvalue weighted by atomic mass is 16.4. The van der Waals surface area contributed by atoms with E-state index in [1.807, 2.05) is 13.0 Å². The molecular weight excluding hydrogens is 404 g/mol. The number of primary amides is 1. The molecule has 1 rings (SSSR count). The topological polar surface area (TPSA) is 168 Å². The lowest BCUT2D eigenvalue weighted by Gasteiger charge is -2.27. The van der Waals surface area contributed by atoms with Crippen LogP contribution in [0.5, 0.6) is 0 Å². The first kappa shape index (κ1) is 25.6. The van der Waals surface area contributed by atoms with Crippen LogP contribution in [0.15, 0.2) is 30.3 Å². The SMILES string of the molecule is CC[C@H](C)[C@H](NC(=O)[C@H](CC(=O)O)NC(C)=O)C(=O)N[C@@H](Cc1ccccc1)C(N)=O. The highest BCUT2D eigenvalue weighted by molar-refractivity contribution is 5.95. The zero-order chi connectivity index (χ0) is 23.6. The summed E-state index contributed by atoms with van der Waals surface area (Å²) in [5, 5.41) is 16.3. The van der Waals surface area contributed by atoms with E-state index in [1.54, 1.807) is 31.2 Å². The molecule has 0 aliphatic rings. The molecule has 1 aromatic rings. The van der Waals surface area contributed by atoms with E-state index in [9.17, 15) is 24.0 Å². The van der Waals surface area contributed by atoms with E-state index in [0.717, 1.165) is 12.5 Å². The van der Waals surface area contributed by atoms with Crippen molar-refractivity contribution in [2.24, 2.45) is 11.7 Å². The van der Waals surface area contributed by atoms with Crippen molar-refractivity contribution in [1.29, 1.82) is 0 Å². The average Bonchev–Trinajstić information content (AvgIpc) is 2.70. The Morgan fingerprint density at radius 3 is 2.06 bits per heavy atom. The maximum atomic E-state index is 12.9. The highest BCUT2D eigenvalue weighted by Gasteiger charge is 2.32. The van der Waals surface area contributed by atoms with Gasteiger partial charge in [0.05, 0.1) is 6.42 Å². The van der Waals surface area contributed by atoms with Gasteiger partial charge in [-0.3, -0.25) is 24.0 Å².